The monoisotopic (exact) mass is 359 g/mol. The minimum absolute atomic E-state index is 0.0491. The molecule has 5 rings (SSSR count). The predicted molar refractivity (Wildman–Crippen MR) is 89.7 cm³/mol. The third-order valence-corrected chi connectivity index (χ3v) is 5.45. The third kappa shape index (κ3) is 2.66. The quantitative estimate of drug-likeness (QED) is 0.757. The molecule has 1 amide bonds. The van der Waals surface area contributed by atoms with Crippen LogP contribution in [0.3, 0.4) is 0 Å². The van der Waals surface area contributed by atoms with Gasteiger partial charge in [0.2, 0.25) is 16.0 Å². The predicted octanol–water partition coefficient (Wildman–Crippen LogP) is 1.72. The van der Waals surface area contributed by atoms with Crippen LogP contribution in [0.4, 0.5) is 5.13 Å². The molecule has 1 saturated heterocycles. The van der Waals surface area contributed by atoms with Crippen LogP contribution >= 0.6 is 11.3 Å². The van der Waals surface area contributed by atoms with Crippen LogP contribution in [0.15, 0.2) is 10.7 Å². The summed E-state index contributed by atoms with van der Waals surface area (Å²) in [6.07, 6.45) is 5.87. The van der Waals surface area contributed by atoms with Crippen LogP contribution in [0.2, 0.25) is 0 Å². The molecule has 1 atom stereocenters. The molecule has 10 heteroatoms. The highest BCUT2D eigenvalue weighted by Gasteiger charge is 2.34. The van der Waals surface area contributed by atoms with Gasteiger partial charge in [-0.2, -0.15) is 4.98 Å². The zero-order chi connectivity index (χ0) is 17.0. The van der Waals surface area contributed by atoms with Gasteiger partial charge in [0, 0.05) is 12.6 Å². The first-order chi connectivity index (χ1) is 12.2. The summed E-state index contributed by atoms with van der Waals surface area (Å²) in [6, 6.07) is 0.222. The maximum absolute atomic E-state index is 12.1. The van der Waals surface area contributed by atoms with Gasteiger partial charge in [-0.05, 0) is 32.6 Å². The highest BCUT2D eigenvalue weighted by atomic mass is 32.1. The molecular weight excluding hydrogens is 342 g/mol. The lowest BCUT2D eigenvalue weighted by atomic mass is 10.2. The van der Waals surface area contributed by atoms with Gasteiger partial charge in [-0.25, -0.2) is 9.50 Å². The number of carbonyl (C=O) groups is 1. The van der Waals surface area contributed by atoms with Gasteiger partial charge in [0.15, 0.2) is 0 Å². The molecule has 0 unspecified atom stereocenters. The topological polar surface area (TPSA) is 101 Å². The molecule has 3 aromatic heterocycles. The van der Waals surface area contributed by atoms with Crippen molar-refractivity contribution in [2.24, 2.45) is 0 Å². The number of anilines is 1. The van der Waals surface area contributed by atoms with Crippen molar-refractivity contribution in [3.63, 3.8) is 0 Å². The summed E-state index contributed by atoms with van der Waals surface area (Å²) in [4.78, 5) is 23.9. The molecule has 1 saturated carbocycles. The number of carbonyl (C=O) groups excluding carboxylic acids is 1. The Bertz CT molecular complexity index is 909. The number of aromatic nitrogens is 5. The maximum Gasteiger partial charge on any atom is 0.292 e. The van der Waals surface area contributed by atoms with Crippen LogP contribution in [-0.4, -0.2) is 43.2 Å². The van der Waals surface area contributed by atoms with Crippen LogP contribution in [-0.2, 0) is 0 Å². The maximum atomic E-state index is 12.1. The van der Waals surface area contributed by atoms with Crippen molar-refractivity contribution in [2.45, 2.75) is 44.7 Å². The van der Waals surface area contributed by atoms with E-state index in [2.05, 4.69) is 30.4 Å². The fourth-order valence-electron chi connectivity index (χ4n) is 3.11. The van der Waals surface area contributed by atoms with Gasteiger partial charge in [0.05, 0.1) is 11.9 Å². The Morgan fingerprint density at radius 2 is 2.24 bits per heavy atom. The van der Waals surface area contributed by atoms with Crippen LogP contribution in [0.25, 0.3) is 4.96 Å². The Kier molecular flexibility index (Phi) is 3.27. The van der Waals surface area contributed by atoms with Crippen molar-refractivity contribution >= 4 is 27.3 Å². The van der Waals surface area contributed by atoms with E-state index in [-0.39, 0.29) is 23.8 Å². The lowest BCUT2D eigenvalue weighted by Crippen LogP contribution is -2.27. The number of amides is 1. The highest BCUT2D eigenvalue weighted by molar-refractivity contribution is 7.20. The van der Waals surface area contributed by atoms with Gasteiger partial charge in [0.25, 0.3) is 11.7 Å². The minimum atomic E-state index is -0.259. The van der Waals surface area contributed by atoms with Gasteiger partial charge in [-0.1, -0.05) is 16.5 Å². The smallest absolute Gasteiger partial charge is 0.292 e. The first-order valence-electron chi connectivity index (χ1n) is 8.41. The van der Waals surface area contributed by atoms with E-state index in [4.69, 9.17) is 4.52 Å². The molecule has 3 aromatic rings. The fourth-order valence-corrected chi connectivity index (χ4v) is 4.11. The van der Waals surface area contributed by atoms with Gasteiger partial charge >= 0.3 is 0 Å². The second-order valence-corrected chi connectivity index (χ2v) is 7.48. The Labute approximate surface area is 147 Å². The first-order valence-corrected chi connectivity index (χ1v) is 9.23. The number of fused-ring (bicyclic) bond motifs is 1. The Balaban J connectivity index is 1.39. The highest BCUT2D eigenvalue weighted by Crippen LogP contribution is 2.37. The van der Waals surface area contributed by atoms with Crippen molar-refractivity contribution in [1.82, 2.24) is 30.1 Å². The molecule has 0 spiro atoms. The molecule has 25 heavy (non-hydrogen) atoms. The lowest BCUT2D eigenvalue weighted by Gasteiger charge is -2.19. The summed E-state index contributed by atoms with van der Waals surface area (Å²) < 4.78 is 7.19. The molecule has 2 aliphatic rings. The van der Waals surface area contributed by atoms with Crippen LogP contribution in [0.5, 0.6) is 0 Å². The van der Waals surface area contributed by atoms with Crippen LogP contribution in [0, 0.1) is 6.92 Å². The van der Waals surface area contributed by atoms with E-state index in [1.807, 2.05) is 13.1 Å². The van der Waals surface area contributed by atoms with E-state index >= 15 is 0 Å². The molecule has 1 aliphatic carbocycles. The summed E-state index contributed by atoms with van der Waals surface area (Å²) in [5, 5.41) is 12.2. The van der Waals surface area contributed by atoms with Gasteiger partial charge in [-0.3, -0.25) is 4.79 Å². The summed E-state index contributed by atoms with van der Waals surface area (Å²) in [6.45, 7) is 2.82. The zero-order valence-corrected chi connectivity index (χ0v) is 14.5. The van der Waals surface area contributed by atoms with Crippen LogP contribution in [0.1, 0.15) is 53.9 Å². The van der Waals surface area contributed by atoms with E-state index in [0.29, 0.717) is 5.89 Å². The number of hydrogen-bond donors (Lipinski definition) is 1. The minimum Gasteiger partial charge on any atom is -0.346 e. The van der Waals surface area contributed by atoms with E-state index in [9.17, 15) is 4.79 Å². The Morgan fingerprint density at radius 1 is 1.36 bits per heavy atom. The summed E-state index contributed by atoms with van der Waals surface area (Å²) in [5.74, 6) is 0.325. The number of imidazole rings is 1. The molecule has 1 N–H and O–H groups in total. The van der Waals surface area contributed by atoms with Crippen molar-refractivity contribution in [3.05, 3.63) is 23.6 Å². The van der Waals surface area contributed by atoms with E-state index in [1.165, 1.54) is 0 Å². The first kappa shape index (κ1) is 14.8. The van der Waals surface area contributed by atoms with Crippen molar-refractivity contribution in [2.75, 3.05) is 11.4 Å². The van der Waals surface area contributed by atoms with Gasteiger partial charge in [-0.15, -0.1) is 5.10 Å². The summed E-state index contributed by atoms with van der Waals surface area (Å²) >= 11 is 1.54. The van der Waals surface area contributed by atoms with Crippen molar-refractivity contribution in [3.8, 4) is 0 Å². The van der Waals surface area contributed by atoms with Crippen LogP contribution < -0.4 is 10.2 Å². The molecule has 130 valence electrons. The number of rotatable bonds is 4. The standard InChI is InChI=1S/C15H17N7O2S/c1-8-7-22-14(16-8)25-15(19-22)21-6-2-3-10(21)13-18-11(20-24-13)12(23)17-9-4-5-9/h7,9-10H,2-6H2,1H3,(H,17,23)/t10-/m1/s1. The Morgan fingerprint density at radius 3 is 3.04 bits per heavy atom. The average molecular weight is 359 g/mol. The molecule has 4 heterocycles. The largest absolute Gasteiger partial charge is 0.346 e. The van der Waals surface area contributed by atoms with Gasteiger partial charge in [0.1, 0.15) is 6.04 Å². The summed E-state index contributed by atoms with van der Waals surface area (Å²) in [5.41, 5.74) is 0.950. The normalized spacial score (nSPS) is 20.5. The van der Waals surface area contributed by atoms with E-state index in [0.717, 1.165) is 48.0 Å². The van der Waals surface area contributed by atoms with Crippen molar-refractivity contribution in [1.29, 1.82) is 0 Å². The molecule has 0 aromatic carbocycles. The number of aryl methyl sites for hydroxylation is 1. The average Bonchev–Trinajstić information content (AvgIpc) is 3.01. The molecular formula is C15H17N7O2S. The van der Waals surface area contributed by atoms with E-state index < -0.39 is 0 Å². The molecule has 0 bridgehead atoms. The molecule has 0 radical (unpaired) electrons. The number of nitrogens with zero attached hydrogens (tertiary/aromatic N) is 6. The Hall–Kier alpha value is -2.49. The second-order valence-electron chi connectivity index (χ2n) is 6.55. The van der Waals surface area contributed by atoms with Crippen molar-refractivity contribution < 1.29 is 9.32 Å². The van der Waals surface area contributed by atoms with Gasteiger partial charge < -0.3 is 14.7 Å². The molecule has 9 nitrogen and oxygen atoms in total. The molecule has 1 aliphatic heterocycles. The van der Waals surface area contributed by atoms with E-state index in [1.54, 1.807) is 15.9 Å². The number of nitrogens with one attached hydrogen (secondary N) is 1. The second kappa shape index (κ2) is 5.51. The number of hydrogen-bond acceptors (Lipinski definition) is 8. The molecule has 2 fully saturated rings. The fraction of sp³-hybridized carbons (Fsp3) is 0.533. The third-order valence-electron chi connectivity index (χ3n) is 4.49. The summed E-state index contributed by atoms with van der Waals surface area (Å²) in [7, 11) is 0. The SMILES string of the molecule is Cc1cn2nc(N3CCC[C@@H]3c3nc(C(=O)NC4CC4)no3)sc2n1. The lowest BCUT2D eigenvalue weighted by molar-refractivity contribution is 0.0937. The zero-order valence-electron chi connectivity index (χ0n) is 13.7.